The Balaban J connectivity index is 1.55. The minimum Gasteiger partial charge on any atom is -0.475 e. The first kappa shape index (κ1) is 21.4. The van der Waals surface area contributed by atoms with Crippen molar-refractivity contribution in [1.82, 2.24) is 14.7 Å². The highest BCUT2D eigenvalue weighted by atomic mass is 19.4. The lowest BCUT2D eigenvalue weighted by molar-refractivity contribution is -0.138. The van der Waals surface area contributed by atoms with Gasteiger partial charge in [-0.2, -0.15) is 18.3 Å². The molecule has 2 aliphatic rings. The maximum Gasteiger partial charge on any atom is 0.421 e. The number of hydrogen-bond acceptors (Lipinski definition) is 5. The molecule has 31 heavy (non-hydrogen) atoms. The average molecular weight is 441 g/mol. The second-order valence-electron chi connectivity index (χ2n) is 7.89. The van der Waals surface area contributed by atoms with E-state index in [4.69, 9.17) is 9.15 Å². The first-order chi connectivity index (χ1) is 14.7. The lowest BCUT2D eigenvalue weighted by Crippen LogP contribution is -2.41. The minimum atomic E-state index is -4.87. The van der Waals surface area contributed by atoms with Crippen molar-refractivity contribution in [1.29, 1.82) is 0 Å². The van der Waals surface area contributed by atoms with E-state index in [1.807, 2.05) is 0 Å². The van der Waals surface area contributed by atoms with Crippen LogP contribution in [0.4, 0.5) is 13.2 Å². The Morgan fingerprint density at radius 3 is 2.61 bits per heavy atom. The number of methoxy groups -OCH3 is 1. The van der Waals surface area contributed by atoms with Gasteiger partial charge in [0.15, 0.2) is 0 Å². The Morgan fingerprint density at radius 1 is 1.29 bits per heavy atom. The summed E-state index contributed by atoms with van der Waals surface area (Å²) in [7, 11) is 1.47. The number of rotatable bonds is 5. The number of carbonyl (C=O) groups is 2. The molecule has 168 valence electrons. The number of aryl methyl sites for hydroxylation is 2. The van der Waals surface area contributed by atoms with Crippen molar-refractivity contribution in [3.05, 3.63) is 28.8 Å². The number of carboxylic acids is 1. The van der Waals surface area contributed by atoms with Gasteiger partial charge in [0, 0.05) is 39.4 Å². The van der Waals surface area contributed by atoms with E-state index in [2.05, 4.69) is 5.10 Å². The predicted octanol–water partition coefficient (Wildman–Crippen LogP) is 2.84. The van der Waals surface area contributed by atoms with Gasteiger partial charge in [-0.15, -0.1) is 0 Å². The summed E-state index contributed by atoms with van der Waals surface area (Å²) in [5.41, 5.74) is -0.753. The second kappa shape index (κ2) is 8.03. The van der Waals surface area contributed by atoms with Crippen molar-refractivity contribution in [3.8, 4) is 11.3 Å². The van der Waals surface area contributed by atoms with Crippen LogP contribution < -0.4 is 0 Å². The summed E-state index contributed by atoms with van der Waals surface area (Å²) in [5.74, 6) is -2.66. The number of piperidine rings is 1. The van der Waals surface area contributed by atoms with Crippen molar-refractivity contribution >= 4 is 11.9 Å². The highest BCUT2D eigenvalue weighted by Crippen LogP contribution is 2.46. The van der Waals surface area contributed by atoms with Crippen LogP contribution in [-0.2, 0) is 35.1 Å². The number of aromatic carboxylic acids is 1. The van der Waals surface area contributed by atoms with Gasteiger partial charge in [-0.1, -0.05) is 0 Å². The summed E-state index contributed by atoms with van der Waals surface area (Å²) >= 11 is 0. The fourth-order valence-electron chi connectivity index (χ4n) is 4.37. The summed E-state index contributed by atoms with van der Waals surface area (Å²) in [5, 5.41) is 13.6. The molecule has 1 aliphatic carbocycles. The van der Waals surface area contributed by atoms with Crippen LogP contribution in [0.3, 0.4) is 0 Å². The largest absolute Gasteiger partial charge is 0.475 e. The van der Waals surface area contributed by atoms with E-state index in [0.717, 1.165) is 12.8 Å². The van der Waals surface area contributed by atoms with E-state index < -0.39 is 23.5 Å². The summed E-state index contributed by atoms with van der Waals surface area (Å²) in [4.78, 5) is 25.0. The molecule has 0 aromatic carbocycles. The molecule has 1 fully saturated rings. The van der Waals surface area contributed by atoms with E-state index in [9.17, 15) is 27.9 Å². The number of amides is 1. The molecular formula is C20H22F3N3O5. The predicted molar refractivity (Wildman–Crippen MR) is 100 cm³/mol. The van der Waals surface area contributed by atoms with Gasteiger partial charge < -0.3 is 19.2 Å². The Labute approximate surface area is 175 Å². The summed E-state index contributed by atoms with van der Waals surface area (Å²) in [6.45, 7) is 1.75. The van der Waals surface area contributed by atoms with Crippen LogP contribution in [0.15, 0.2) is 10.6 Å². The number of ether oxygens (including phenoxy) is 1. The quantitative estimate of drug-likeness (QED) is 0.766. The zero-order valence-electron chi connectivity index (χ0n) is 16.9. The highest BCUT2D eigenvalue weighted by Gasteiger charge is 2.45. The van der Waals surface area contributed by atoms with Crippen molar-refractivity contribution in [2.45, 2.75) is 38.4 Å². The zero-order chi connectivity index (χ0) is 22.3. The van der Waals surface area contributed by atoms with Gasteiger partial charge in [0.25, 0.3) is 0 Å². The van der Waals surface area contributed by atoms with Gasteiger partial charge in [0.05, 0.1) is 11.3 Å². The summed E-state index contributed by atoms with van der Waals surface area (Å²) < 4.78 is 52.6. The number of aromatic nitrogens is 2. The van der Waals surface area contributed by atoms with E-state index in [-0.39, 0.29) is 41.9 Å². The molecule has 8 nitrogen and oxygen atoms in total. The van der Waals surface area contributed by atoms with Crippen LogP contribution in [0, 0.1) is 5.92 Å². The first-order valence-corrected chi connectivity index (χ1v) is 9.98. The van der Waals surface area contributed by atoms with Gasteiger partial charge in [-0.3, -0.25) is 9.48 Å². The fraction of sp³-hybridized carbons (Fsp3) is 0.550. The molecule has 1 N–H and O–H groups in total. The lowest BCUT2D eigenvalue weighted by Gasteiger charge is -2.31. The third kappa shape index (κ3) is 4.06. The van der Waals surface area contributed by atoms with Crippen LogP contribution in [0.2, 0.25) is 0 Å². The third-order valence-electron chi connectivity index (χ3n) is 5.83. The normalized spacial score (nSPS) is 16.8. The maximum absolute atomic E-state index is 13.7. The zero-order valence-corrected chi connectivity index (χ0v) is 16.9. The van der Waals surface area contributed by atoms with Crippen molar-refractivity contribution < 1.29 is 37.0 Å². The molecule has 2 aromatic rings. The number of hydrogen-bond donors (Lipinski definition) is 1. The summed E-state index contributed by atoms with van der Waals surface area (Å²) in [6.07, 6.45) is -1.01. The Kier molecular flexibility index (Phi) is 5.54. The molecule has 1 amide bonds. The molecular weight excluding hydrogens is 419 g/mol. The van der Waals surface area contributed by atoms with E-state index >= 15 is 0 Å². The standard InChI is InChI=1S/C20H22F3N3O5/c1-30-10-14(27)25-6-4-11(5-7-25)8-26-9-12-2-3-13-15(17(12)24-26)16(20(21,22)23)18(31-13)19(28)29/h9,11H,2-8,10H2,1H3,(H,28,29). The molecule has 4 rings (SSSR count). The molecule has 1 saturated heterocycles. The van der Waals surface area contributed by atoms with Crippen LogP contribution in [0.25, 0.3) is 11.3 Å². The number of carboxylic acid groups (broad SMARTS) is 1. The number of likely N-dealkylation sites (tertiary alicyclic amines) is 1. The monoisotopic (exact) mass is 441 g/mol. The Hall–Kier alpha value is -2.82. The summed E-state index contributed by atoms with van der Waals surface area (Å²) in [6, 6.07) is 0. The van der Waals surface area contributed by atoms with E-state index in [1.165, 1.54) is 7.11 Å². The molecule has 0 saturated carbocycles. The van der Waals surface area contributed by atoms with Crippen molar-refractivity contribution in [2.75, 3.05) is 26.8 Å². The Bertz CT molecular complexity index is 1000. The van der Waals surface area contributed by atoms with Crippen LogP contribution >= 0.6 is 0 Å². The maximum atomic E-state index is 13.7. The minimum absolute atomic E-state index is 0.00689. The lowest BCUT2D eigenvalue weighted by atomic mass is 9.93. The topological polar surface area (TPSA) is 97.8 Å². The number of nitrogens with zero attached hydrogens (tertiary/aromatic N) is 3. The molecule has 0 bridgehead atoms. The second-order valence-corrected chi connectivity index (χ2v) is 7.89. The number of carbonyl (C=O) groups excluding carboxylic acids is 1. The highest BCUT2D eigenvalue weighted by molar-refractivity contribution is 5.90. The molecule has 0 spiro atoms. The molecule has 2 aromatic heterocycles. The van der Waals surface area contributed by atoms with Crippen LogP contribution in [-0.4, -0.2) is 58.5 Å². The number of fused-ring (bicyclic) bond motifs is 3. The van der Waals surface area contributed by atoms with Gasteiger partial charge in [0.2, 0.25) is 11.7 Å². The number of furan rings is 1. The molecule has 0 unspecified atom stereocenters. The smallest absolute Gasteiger partial charge is 0.421 e. The van der Waals surface area contributed by atoms with Gasteiger partial charge in [-0.05, 0) is 30.7 Å². The SMILES string of the molecule is COCC(=O)N1CCC(Cn2cc3c(n2)-c2c(oc(C(=O)O)c2C(F)(F)F)CC3)CC1. The van der Waals surface area contributed by atoms with Crippen LogP contribution in [0.5, 0.6) is 0 Å². The molecule has 0 radical (unpaired) electrons. The number of alkyl halides is 3. The Morgan fingerprint density at radius 2 is 2.00 bits per heavy atom. The van der Waals surface area contributed by atoms with Gasteiger partial charge >= 0.3 is 12.1 Å². The van der Waals surface area contributed by atoms with E-state index in [1.54, 1.807) is 15.8 Å². The fourth-order valence-corrected chi connectivity index (χ4v) is 4.37. The number of halogens is 3. The van der Waals surface area contributed by atoms with Gasteiger partial charge in [-0.25, -0.2) is 4.79 Å². The first-order valence-electron chi connectivity index (χ1n) is 9.98. The van der Waals surface area contributed by atoms with Gasteiger partial charge in [0.1, 0.15) is 17.9 Å². The molecule has 0 atom stereocenters. The average Bonchev–Trinajstić information content (AvgIpc) is 3.29. The third-order valence-corrected chi connectivity index (χ3v) is 5.83. The van der Waals surface area contributed by atoms with Crippen molar-refractivity contribution in [2.24, 2.45) is 5.92 Å². The van der Waals surface area contributed by atoms with Crippen molar-refractivity contribution in [3.63, 3.8) is 0 Å². The molecule has 3 heterocycles. The molecule has 1 aliphatic heterocycles. The van der Waals surface area contributed by atoms with E-state index in [0.29, 0.717) is 31.6 Å². The van der Waals surface area contributed by atoms with Crippen LogP contribution in [0.1, 0.15) is 40.3 Å². The molecule has 11 heteroatoms.